The van der Waals surface area contributed by atoms with Gasteiger partial charge in [-0.25, -0.2) is 0 Å². The van der Waals surface area contributed by atoms with Crippen molar-refractivity contribution in [3.63, 3.8) is 0 Å². The maximum atomic E-state index is 5.21. The molecule has 4 rings (SSSR count). The van der Waals surface area contributed by atoms with E-state index in [1.54, 1.807) is 5.71 Å². The molecule has 2 heteroatoms. The van der Waals surface area contributed by atoms with Crippen molar-refractivity contribution in [1.29, 1.82) is 0 Å². The van der Waals surface area contributed by atoms with E-state index in [-0.39, 0.29) is 0 Å². The highest BCUT2D eigenvalue weighted by Gasteiger charge is 2.45. The van der Waals surface area contributed by atoms with E-state index in [0.29, 0.717) is 6.04 Å². The summed E-state index contributed by atoms with van der Waals surface area (Å²) in [5, 5.41) is 3.98. The Balaban J connectivity index is 1.53. The van der Waals surface area contributed by atoms with Crippen LogP contribution in [-0.2, 0) is 0 Å². The fourth-order valence-electron chi connectivity index (χ4n) is 6.39. The average Bonchev–Trinajstić information content (AvgIpc) is 2.55. The third-order valence-corrected chi connectivity index (χ3v) is 7.97. The number of rotatable bonds is 1. The van der Waals surface area contributed by atoms with Crippen LogP contribution in [0.4, 0.5) is 0 Å². The molecule has 1 saturated heterocycles. The van der Waals surface area contributed by atoms with Gasteiger partial charge < -0.3 is 5.32 Å². The first-order chi connectivity index (χ1) is 11.1. The molecule has 0 aromatic carbocycles. The van der Waals surface area contributed by atoms with Gasteiger partial charge >= 0.3 is 0 Å². The molecule has 4 aliphatic rings. The van der Waals surface area contributed by atoms with Gasteiger partial charge in [-0.3, -0.25) is 4.99 Å². The molecule has 2 saturated carbocycles. The van der Waals surface area contributed by atoms with E-state index >= 15 is 0 Å². The zero-order valence-electron chi connectivity index (χ0n) is 15.4. The number of nitrogens with zero attached hydrogens (tertiary/aromatic N) is 1. The van der Waals surface area contributed by atoms with Crippen LogP contribution in [0.2, 0.25) is 0 Å². The van der Waals surface area contributed by atoms with Gasteiger partial charge in [0.25, 0.3) is 0 Å². The molecule has 0 aromatic heterocycles. The molecule has 0 bridgehead atoms. The smallest absolute Gasteiger partial charge is 0.0514 e. The second kappa shape index (κ2) is 6.50. The van der Waals surface area contributed by atoms with Crippen molar-refractivity contribution in [2.75, 3.05) is 6.54 Å². The molecule has 0 aromatic rings. The van der Waals surface area contributed by atoms with Gasteiger partial charge in [-0.05, 0) is 93.9 Å². The van der Waals surface area contributed by atoms with E-state index in [1.165, 1.54) is 57.9 Å². The van der Waals surface area contributed by atoms with E-state index in [2.05, 4.69) is 26.1 Å². The minimum atomic E-state index is 0.547. The van der Waals surface area contributed by atoms with Crippen LogP contribution < -0.4 is 5.32 Å². The molecule has 23 heavy (non-hydrogen) atoms. The summed E-state index contributed by atoms with van der Waals surface area (Å²) >= 11 is 0. The van der Waals surface area contributed by atoms with Gasteiger partial charge in [0.2, 0.25) is 0 Å². The summed E-state index contributed by atoms with van der Waals surface area (Å²) in [7, 11) is 0. The van der Waals surface area contributed by atoms with E-state index in [1.807, 2.05) is 0 Å². The predicted molar refractivity (Wildman–Crippen MR) is 97.9 cm³/mol. The predicted octanol–water partition coefficient (Wildman–Crippen LogP) is 4.69. The van der Waals surface area contributed by atoms with Gasteiger partial charge in [-0.15, -0.1) is 0 Å². The lowest BCUT2D eigenvalue weighted by atomic mass is 9.60. The number of hydrogen-bond acceptors (Lipinski definition) is 2. The number of aliphatic imine (C=N–C) groups is 1. The fraction of sp³-hybridized carbons (Fsp3) is 0.952. The maximum absolute atomic E-state index is 5.21. The van der Waals surface area contributed by atoms with Crippen molar-refractivity contribution in [3.05, 3.63) is 0 Å². The Bertz CT molecular complexity index is 457. The minimum Gasteiger partial charge on any atom is -0.313 e. The summed E-state index contributed by atoms with van der Waals surface area (Å²) in [6.07, 6.45) is 11.3. The van der Waals surface area contributed by atoms with Gasteiger partial charge in [-0.1, -0.05) is 20.3 Å². The Morgan fingerprint density at radius 1 is 0.913 bits per heavy atom. The van der Waals surface area contributed by atoms with Crippen molar-refractivity contribution in [3.8, 4) is 0 Å². The molecular formula is C21H36N2. The lowest BCUT2D eigenvalue weighted by molar-refractivity contribution is 0.0379. The van der Waals surface area contributed by atoms with Crippen LogP contribution in [0.5, 0.6) is 0 Å². The highest BCUT2D eigenvalue weighted by Crippen LogP contribution is 2.46. The summed E-state index contributed by atoms with van der Waals surface area (Å²) in [6, 6.07) is 1.29. The van der Waals surface area contributed by atoms with Crippen LogP contribution in [0.15, 0.2) is 4.99 Å². The summed E-state index contributed by atoms with van der Waals surface area (Å²) in [4.78, 5) is 5.21. The topological polar surface area (TPSA) is 24.4 Å². The van der Waals surface area contributed by atoms with Crippen molar-refractivity contribution in [2.24, 2.45) is 40.5 Å². The second-order valence-electron chi connectivity index (χ2n) is 9.32. The first-order valence-electron chi connectivity index (χ1n) is 10.4. The van der Waals surface area contributed by atoms with Gasteiger partial charge in [0.1, 0.15) is 0 Å². The molecule has 8 atom stereocenters. The fourth-order valence-corrected chi connectivity index (χ4v) is 6.39. The highest BCUT2D eigenvalue weighted by atomic mass is 15.0. The molecule has 2 aliphatic carbocycles. The first-order valence-corrected chi connectivity index (χ1v) is 10.4. The summed E-state index contributed by atoms with van der Waals surface area (Å²) < 4.78 is 0. The molecule has 0 amide bonds. The van der Waals surface area contributed by atoms with Crippen LogP contribution in [-0.4, -0.2) is 24.3 Å². The number of nitrogens with one attached hydrogen (secondary N) is 1. The van der Waals surface area contributed by atoms with Gasteiger partial charge in [-0.2, -0.15) is 0 Å². The quantitative estimate of drug-likeness (QED) is 0.746. The van der Waals surface area contributed by atoms with E-state index < -0.39 is 0 Å². The largest absolute Gasteiger partial charge is 0.313 e. The minimum absolute atomic E-state index is 0.547. The Morgan fingerprint density at radius 3 is 2.61 bits per heavy atom. The SMILES string of the molecule is CC1CC2CCNC(C3CC4CCCCC4=NC3C)C2CC1C. The molecule has 2 nitrogen and oxygen atoms in total. The molecule has 130 valence electrons. The lowest BCUT2D eigenvalue weighted by Crippen LogP contribution is -2.56. The van der Waals surface area contributed by atoms with Gasteiger partial charge in [0, 0.05) is 11.8 Å². The molecule has 2 heterocycles. The third-order valence-electron chi connectivity index (χ3n) is 7.97. The molecule has 0 radical (unpaired) electrons. The van der Waals surface area contributed by atoms with Crippen LogP contribution >= 0.6 is 0 Å². The zero-order valence-corrected chi connectivity index (χ0v) is 15.4. The lowest BCUT2D eigenvalue weighted by Gasteiger charge is -2.51. The van der Waals surface area contributed by atoms with E-state index in [4.69, 9.17) is 4.99 Å². The maximum Gasteiger partial charge on any atom is 0.0514 e. The molecular weight excluding hydrogens is 280 g/mol. The standard InChI is InChI=1S/C21H36N2/c1-13-10-16-8-9-22-21(19(16)11-14(13)2)18-12-17-6-4-5-7-20(17)23-15(18)3/h13-19,21-22H,4-12H2,1-3H3. The average molecular weight is 317 g/mol. The van der Waals surface area contributed by atoms with Crippen LogP contribution in [0.3, 0.4) is 0 Å². The zero-order chi connectivity index (χ0) is 16.0. The van der Waals surface area contributed by atoms with Gasteiger partial charge in [0.15, 0.2) is 0 Å². The van der Waals surface area contributed by atoms with Crippen LogP contribution in [0.1, 0.15) is 72.1 Å². The molecule has 8 unspecified atom stereocenters. The molecule has 3 fully saturated rings. The van der Waals surface area contributed by atoms with Crippen LogP contribution in [0, 0.1) is 35.5 Å². The number of fused-ring (bicyclic) bond motifs is 2. The number of hydrogen-bond donors (Lipinski definition) is 1. The van der Waals surface area contributed by atoms with Crippen LogP contribution in [0.25, 0.3) is 0 Å². The summed E-state index contributed by atoms with van der Waals surface area (Å²) in [6.45, 7) is 8.63. The van der Waals surface area contributed by atoms with Crippen molar-refractivity contribution >= 4 is 5.71 Å². The molecule has 0 spiro atoms. The van der Waals surface area contributed by atoms with Crippen molar-refractivity contribution in [1.82, 2.24) is 5.32 Å². The monoisotopic (exact) mass is 316 g/mol. The third kappa shape index (κ3) is 3.01. The van der Waals surface area contributed by atoms with Crippen molar-refractivity contribution < 1.29 is 0 Å². The summed E-state index contributed by atoms with van der Waals surface area (Å²) in [5.41, 5.74) is 1.58. The first kappa shape index (κ1) is 16.1. The number of piperidine rings is 1. The van der Waals surface area contributed by atoms with E-state index in [9.17, 15) is 0 Å². The highest BCUT2D eigenvalue weighted by molar-refractivity contribution is 5.88. The molecule has 2 aliphatic heterocycles. The second-order valence-corrected chi connectivity index (χ2v) is 9.32. The molecule has 1 N–H and O–H groups in total. The summed E-state index contributed by atoms with van der Waals surface area (Å²) in [5.74, 6) is 5.36. The Kier molecular flexibility index (Phi) is 4.56. The Morgan fingerprint density at radius 2 is 1.74 bits per heavy atom. The van der Waals surface area contributed by atoms with Crippen molar-refractivity contribution in [2.45, 2.75) is 84.2 Å². The van der Waals surface area contributed by atoms with E-state index in [0.717, 1.165) is 41.5 Å². The Hall–Kier alpha value is -0.370. The normalized spacial score (nSPS) is 50.7. The van der Waals surface area contributed by atoms with Gasteiger partial charge in [0.05, 0.1) is 6.04 Å². The Labute approximate surface area is 142 Å².